The topological polar surface area (TPSA) is 285 Å². The number of fused-ring (bicyclic) bond motifs is 1. The van der Waals surface area contributed by atoms with Crippen molar-refractivity contribution in [2.45, 2.75) is 24.5 Å². The summed E-state index contributed by atoms with van der Waals surface area (Å²) in [6.45, 7) is -0.987. The first-order valence-electron chi connectivity index (χ1n) is 7.88. The zero-order chi connectivity index (χ0) is 23.2. The summed E-state index contributed by atoms with van der Waals surface area (Å²) in [6, 6.07) is 0. The number of nitrogens with zero attached hydrogens (tertiary/aromatic N) is 4. The Labute approximate surface area is 228 Å². The van der Waals surface area contributed by atoms with Crippen LogP contribution >= 0.6 is 23.5 Å². The van der Waals surface area contributed by atoms with Gasteiger partial charge in [0.25, 0.3) is 0 Å². The van der Waals surface area contributed by atoms with E-state index in [9.17, 15) is 38.6 Å². The van der Waals surface area contributed by atoms with Crippen molar-refractivity contribution in [3.05, 3.63) is 12.7 Å². The van der Waals surface area contributed by atoms with E-state index in [-0.39, 0.29) is 76.1 Å². The number of hydrogen-bond acceptors (Lipinski definition) is 15. The van der Waals surface area contributed by atoms with E-state index in [1.54, 1.807) is 0 Å². The van der Waals surface area contributed by atoms with Crippen molar-refractivity contribution >= 4 is 40.4 Å². The molecule has 0 bridgehead atoms. The van der Waals surface area contributed by atoms with Gasteiger partial charge in [-0.25, -0.2) is 24.1 Å². The molecule has 0 amide bonds. The summed E-state index contributed by atoms with van der Waals surface area (Å²) in [5, 5.41) is 20.4. The number of nitrogens with two attached hydrogens (primary N) is 1. The normalized spacial score (nSPS) is 26.7. The van der Waals surface area contributed by atoms with Crippen molar-refractivity contribution < 1.29 is 120 Å². The van der Waals surface area contributed by atoms with Crippen molar-refractivity contribution in [2.75, 3.05) is 12.3 Å². The molecule has 33 heavy (non-hydrogen) atoms. The van der Waals surface area contributed by atoms with E-state index in [2.05, 4.69) is 28.1 Å². The van der Waals surface area contributed by atoms with Gasteiger partial charge in [0.2, 0.25) is 0 Å². The van der Waals surface area contributed by atoms with Gasteiger partial charge in [-0.2, -0.15) is 4.31 Å². The van der Waals surface area contributed by atoms with Crippen LogP contribution in [0.25, 0.3) is 11.2 Å². The number of hydrogen-bond donors (Lipinski definition) is 5. The number of imidazole rings is 1. The second kappa shape index (κ2) is 11.8. The van der Waals surface area contributed by atoms with Gasteiger partial charge in [-0.3, -0.25) is 13.4 Å². The number of nitrogen functional groups attached to an aromatic ring is 1. The Balaban J connectivity index is 0.00000272. The largest absolute Gasteiger partial charge is 1.00 e. The second-order valence-electron chi connectivity index (χ2n) is 5.97. The van der Waals surface area contributed by atoms with Crippen LogP contribution in [-0.4, -0.2) is 64.4 Å². The van der Waals surface area contributed by atoms with Gasteiger partial charge < -0.3 is 44.8 Å². The van der Waals surface area contributed by atoms with Crippen molar-refractivity contribution in [1.29, 1.82) is 0 Å². The maximum atomic E-state index is 11.7. The smallest absolute Gasteiger partial charge is 0.789 e. The fraction of sp³-hybridized carbons (Fsp3) is 0.500. The molecule has 1 saturated heterocycles. The number of aromatic nitrogens is 4. The molecule has 1 aliphatic heterocycles. The van der Waals surface area contributed by atoms with E-state index < -0.39 is 54.6 Å². The Hall–Kier alpha value is 0.640. The molecule has 1 fully saturated rings. The van der Waals surface area contributed by atoms with E-state index >= 15 is 0 Å². The third kappa shape index (κ3) is 8.06. The molecule has 2 aromatic rings. The number of phosphoric acid groups is 3. The van der Waals surface area contributed by atoms with Gasteiger partial charge in [-0.15, -0.1) is 0 Å². The first kappa shape index (κ1) is 31.7. The van der Waals surface area contributed by atoms with Crippen LogP contribution in [0.2, 0.25) is 0 Å². The van der Waals surface area contributed by atoms with Gasteiger partial charge in [0.15, 0.2) is 17.7 Å². The van der Waals surface area contributed by atoms with Crippen molar-refractivity contribution in [2.24, 2.45) is 0 Å². The average molecular weight is 559 g/mol. The number of rotatable bonds is 8. The molecular weight excluding hydrogens is 545 g/mol. The van der Waals surface area contributed by atoms with E-state index in [0.717, 1.165) is 6.33 Å². The minimum absolute atomic E-state index is 0. The van der Waals surface area contributed by atoms with E-state index in [1.807, 2.05) is 0 Å². The van der Waals surface area contributed by atoms with Gasteiger partial charge in [0, 0.05) is 0 Å². The molecule has 0 radical (unpaired) electrons. The molecule has 6 N–H and O–H groups in total. The molecule has 6 atom stereocenters. The summed E-state index contributed by atoms with van der Waals surface area (Å²) < 4.78 is 51.2. The standard InChI is InChI=1S/C10H16N5O13P3.2Na/c11-8-5-9(13-2-12-8)15(3-14-5)10-7(17)6(16)4(26-10)1-25-30(21,22)28-31(23,24)27-29(18,19)20;;/h2-4,6-7,10,16-17H,1H2,(H,21,22)(H,23,24)(H2,11,12,13)(H2,18,19,20);;/q;2*+1/p-2/t4-,6-,7-,10-;;/m1../s1/i18+2,19+2,20+2,27+2;;. The maximum absolute atomic E-state index is 11.7. The van der Waals surface area contributed by atoms with Crippen molar-refractivity contribution in [3.63, 3.8) is 0 Å². The predicted octanol–water partition coefficient (Wildman–Crippen LogP) is -8.89. The van der Waals surface area contributed by atoms with Gasteiger partial charge in [0.05, 0.1) is 20.8 Å². The first-order chi connectivity index (χ1) is 14.2. The molecule has 0 spiro atoms. The Morgan fingerprint density at radius 3 is 2.45 bits per heavy atom. The molecule has 3 heterocycles. The second-order valence-corrected chi connectivity index (χ2v) is 10.3. The zero-order valence-electron chi connectivity index (χ0n) is 16.8. The molecule has 3 rings (SSSR count). The van der Waals surface area contributed by atoms with Crippen LogP contribution in [0.4, 0.5) is 5.82 Å². The molecule has 0 saturated carbocycles. The number of aliphatic hydroxyl groups excluding tert-OH is 2. The van der Waals surface area contributed by atoms with Gasteiger partial charge >= 0.3 is 74.8 Å². The van der Waals surface area contributed by atoms with Gasteiger partial charge in [-0.05, 0) is 0 Å². The van der Waals surface area contributed by atoms with Crippen LogP contribution in [0, 0.1) is 0 Å². The summed E-state index contributed by atoms with van der Waals surface area (Å²) >= 11 is 0. The minimum Gasteiger partial charge on any atom is -0.789 e. The summed E-state index contributed by atoms with van der Waals surface area (Å²) in [5.74, 6) is 0.0337. The van der Waals surface area contributed by atoms with Crippen LogP contribution < -0.4 is 74.6 Å². The summed E-state index contributed by atoms with van der Waals surface area (Å²) in [6.07, 6.45) is -3.79. The van der Waals surface area contributed by atoms with Crippen molar-refractivity contribution in [1.82, 2.24) is 19.5 Å². The molecule has 2 unspecified atom stereocenters. The van der Waals surface area contributed by atoms with E-state index in [4.69, 9.17) is 15.4 Å². The van der Waals surface area contributed by atoms with Crippen LogP contribution in [-0.2, 0) is 31.6 Å². The van der Waals surface area contributed by atoms with Crippen LogP contribution in [0.15, 0.2) is 12.7 Å². The number of ether oxygens (including phenoxy) is 1. The van der Waals surface area contributed by atoms with Crippen LogP contribution in [0.3, 0.4) is 0 Å². The molecule has 0 aliphatic carbocycles. The SMILES string of the molecule is Nc1ncnc2c1ncn2[C@@H]1O[C@H](COP(=O)(O)OP(=O)(O)[18O]P(=[18O])([18O-])[18O-])[C@@H](O)[C@H]1O.[Na+].[Na+]. The fourth-order valence-electron chi connectivity index (χ4n) is 2.62. The summed E-state index contributed by atoms with van der Waals surface area (Å²) in [5.41, 5.74) is 5.97. The molecule has 1 aliphatic rings. The molecule has 18 nitrogen and oxygen atoms in total. The van der Waals surface area contributed by atoms with Crippen molar-refractivity contribution in [3.8, 4) is 0 Å². The van der Waals surface area contributed by atoms with E-state index in [1.165, 1.54) is 10.9 Å². The van der Waals surface area contributed by atoms with Gasteiger partial charge in [0.1, 0.15) is 30.2 Å². The Kier molecular flexibility index (Phi) is 11.3. The first-order valence-corrected chi connectivity index (χ1v) is 12.3. The molecular formula is C10H14N5Na2O13P3. The fourth-order valence-corrected chi connectivity index (χ4v) is 5.58. The monoisotopic (exact) mass is 559 g/mol. The predicted molar refractivity (Wildman–Crippen MR) is 91.0 cm³/mol. The third-order valence-corrected chi connectivity index (χ3v) is 7.56. The number of phosphoric ester groups is 1. The summed E-state index contributed by atoms with van der Waals surface area (Å²) in [4.78, 5) is 50.8. The Bertz CT molecular complexity index is 1120. The molecule has 0 aromatic carbocycles. The molecule has 2 aromatic heterocycles. The number of anilines is 1. The summed E-state index contributed by atoms with van der Waals surface area (Å²) in [7, 11) is -17.4. The van der Waals surface area contributed by atoms with E-state index in [0.29, 0.717) is 0 Å². The Morgan fingerprint density at radius 2 is 1.85 bits per heavy atom. The third-order valence-electron chi connectivity index (χ3n) is 3.81. The van der Waals surface area contributed by atoms with Crippen LogP contribution in [0.5, 0.6) is 0 Å². The molecule has 23 heteroatoms. The quantitative estimate of drug-likeness (QED) is 0.114. The zero-order valence-corrected chi connectivity index (χ0v) is 23.5. The Morgan fingerprint density at radius 1 is 1.21 bits per heavy atom. The van der Waals surface area contributed by atoms with Gasteiger partial charge in [-0.1, -0.05) is 0 Å². The average Bonchev–Trinajstić information content (AvgIpc) is 3.13. The minimum atomic E-state index is -6.04. The molecule has 174 valence electrons. The maximum Gasteiger partial charge on any atom is 1.00 e. The number of aliphatic hydroxyl groups is 2. The van der Waals surface area contributed by atoms with Crippen LogP contribution in [0.1, 0.15) is 6.23 Å².